The van der Waals surface area contributed by atoms with Gasteiger partial charge in [-0.05, 0) is 31.9 Å². The van der Waals surface area contributed by atoms with Crippen LogP contribution < -0.4 is 0 Å². The summed E-state index contributed by atoms with van der Waals surface area (Å²) >= 11 is 0. The molecule has 5 heteroatoms. The van der Waals surface area contributed by atoms with Crippen molar-refractivity contribution in [2.45, 2.75) is 45.6 Å². The molecule has 0 unspecified atom stereocenters. The minimum atomic E-state index is 0.365. The summed E-state index contributed by atoms with van der Waals surface area (Å²) in [5.74, 6) is 3.73. The summed E-state index contributed by atoms with van der Waals surface area (Å²) in [4.78, 5) is 4.71. The molecule has 2 aromatic heterocycles. The van der Waals surface area contributed by atoms with Crippen molar-refractivity contribution in [2.75, 3.05) is 13.2 Å². The highest BCUT2D eigenvalue weighted by Gasteiger charge is 2.25. The van der Waals surface area contributed by atoms with Crippen molar-refractivity contribution in [3.63, 3.8) is 0 Å². The highest BCUT2D eigenvalue weighted by molar-refractivity contribution is 5.46. The van der Waals surface area contributed by atoms with Crippen LogP contribution in [0.1, 0.15) is 43.7 Å². The van der Waals surface area contributed by atoms with Crippen molar-refractivity contribution in [1.29, 1.82) is 0 Å². The van der Waals surface area contributed by atoms with E-state index in [9.17, 15) is 0 Å². The van der Waals surface area contributed by atoms with Crippen LogP contribution in [0.2, 0.25) is 0 Å². The van der Waals surface area contributed by atoms with E-state index in [0.717, 1.165) is 56.4 Å². The second-order valence-corrected chi connectivity index (χ2v) is 5.34. The SMILES string of the molecule is CCCCn1nc(-c2ccc(C)o2)nc1[C@H]1CCOC1. The normalized spacial score (nSPS) is 18.8. The lowest BCUT2D eigenvalue weighted by Gasteiger charge is -2.08. The fourth-order valence-electron chi connectivity index (χ4n) is 2.53. The summed E-state index contributed by atoms with van der Waals surface area (Å²) in [6, 6.07) is 3.88. The fraction of sp³-hybridized carbons (Fsp3) is 0.600. The molecule has 1 atom stereocenters. The second-order valence-electron chi connectivity index (χ2n) is 5.34. The third-order valence-electron chi connectivity index (χ3n) is 3.68. The third-order valence-corrected chi connectivity index (χ3v) is 3.68. The van der Waals surface area contributed by atoms with Gasteiger partial charge >= 0.3 is 0 Å². The standard InChI is InChI=1S/C15H21N3O2/c1-3-4-8-18-15(12-7-9-19-10-12)16-14(17-18)13-6-5-11(2)20-13/h5-6,12H,3-4,7-10H2,1-2H3/t12-/m0/s1. The van der Waals surface area contributed by atoms with Gasteiger partial charge in [-0.25, -0.2) is 9.67 Å². The molecule has 0 aromatic carbocycles. The van der Waals surface area contributed by atoms with Gasteiger partial charge in [0.25, 0.3) is 0 Å². The van der Waals surface area contributed by atoms with Gasteiger partial charge in [-0.1, -0.05) is 13.3 Å². The van der Waals surface area contributed by atoms with Gasteiger partial charge in [0.1, 0.15) is 11.6 Å². The number of aromatic nitrogens is 3. The summed E-state index contributed by atoms with van der Waals surface area (Å²) in [6.07, 6.45) is 3.29. The van der Waals surface area contributed by atoms with E-state index in [1.807, 2.05) is 23.7 Å². The van der Waals surface area contributed by atoms with Gasteiger partial charge in [-0.15, -0.1) is 5.10 Å². The van der Waals surface area contributed by atoms with Gasteiger partial charge in [0.2, 0.25) is 5.82 Å². The van der Waals surface area contributed by atoms with Crippen LogP contribution in [-0.2, 0) is 11.3 Å². The molecule has 108 valence electrons. The maximum absolute atomic E-state index is 5.64. The monoisotopic (exact) mass is 275 g/mol. The number of ether oxygens (including phenoxy) is 1. The van der Waals surface area contributed by atoms with Crippen LogP contribution in [0.25, 0.3) is 11.6 Å². The van der Waals surface area contributed by atoms with Crippen LogP contribution >= 0.6 is 0 Å². The maximum Gasteiger partial charge on any atom is 0.217 e. The van der Waals surface area contributed by atoms with E-state index >= 15 is 0 Å². The Balaban J connectivity index is 1.91. The first-order valence-electron chi connectivity index (χ1n) is 7.37. The molecule has 0 amide bonds. The first-order chi connectivity index (χ1) is 9.78. The molecular weight excluding hydrogens is 254 g/mol. The van der Waals surface area contributed by atoms with E-state index in [2.05, 4.69) is 12.0 Å². The molecular formula is C15H21N3O2. The topological polar surface area (TPSA) is 53.1 Å². The molecule has 0 spiro atoms. The number of hydrogen-bond donors (Lipinski definition) is 0. The number of hydrogen-bond acceptors (Lipinski definition) is 4. The van der Waals surface area contributed by atoms with Crippen LogP contribution in [0.3, 0.4) is 0 Å². The Morgan fingerprint density at radius 3 is 2.95 bits per heavy atom. The molecule has 5 nitrogen and oxygen atoms in total. The summed E-state index contributed by atoms with van der Waals surface area (Å²) in [5.41, 5.74) is 0. The molecule has 1 saturated heterocycles. The number of aryl methyl sites for hydroxylation is 2. The lowest BCUT2D eigenvalue weighted by Crippen LogP contribution is -2.10. The Labute approximate surface area is 119 Å². The van der Waals surface area contributed by atoms with Gasteiger partial charge in [0.05, 0.1) is 6.61 Å². The Bertz CT molecular complexity index is 567. The van der Waals surface area contributed by atoms with Crippen molar-refractivity contribution >= 4 is 0 Å². The van der Waals surface area contributed by atoms with Crippen LogP contribution in [0.15, 0.2) is 16.5 Å². The van der Waals surface area contributed by atoms with Gasteiger partial charge in [0, 0.05) is 19.1 Å². The highest BCUT2D eigenvalue weighted by atomic mass is 16.5. The van der Waals surface area contributed by atoms with Crippen LogP contribution in [0, 0.1) is 6.92 Å². The van der Waals surface area contributed by atoms with E-state index in [0.29, 0.717) is 11.7 Å². The minimum Gasteiger partial charge on any atom is -0.458 e. The van der Waals surface area contributed by atoms with Crippen molar-refractivity contribution < 1.29 is 9.15 Å². The average Bonchev–Trinajstić information content (AvgIpc) is 3.15. The van der Waals surface area contributed by atoms with Crippen molar-refractivity contribution in [2.24, 2.45) is 0 Å². The molecule has 1 fully saturated rings. The van der Waals surface area contributed by atoms with E-state index in [-0.39, 0.29) is 0 Å². The number of unbranched alkanes of at least 4 members (excludes halogenated alkanes) is 1. The molecule has 0 N–H and O–H groups in total. The van der Waals surface area contributed by atoms with Crippen molar-refractivity contribution in [3.05, 3.63) is 23.7 Å². The fourth-order valence-corrected chi connectivity index (χ4v) is 2.53. The zero-order chi connectivity index (χ0) is 13.9. The van der Waals surface area contributed by atoms with Crippen molar-refractivity contribution in [3.8, 4) is 11.6 Å². The molecule has 0 saturated carbocycles. The molecule has 1 aliphatic rings. The molecule has 2 aromatic rings. The number of nitrogens with zero attached hydrogens (tertiary/aromatic N) is 3. The van der Waals surface area contributed by atoms with Gasteiger partial charge in [0.15, 0.2) is 5.76 Å². The quantitative estimate of drug-likeness (QED) is 0.841. The average molecular weight is 275 g/mol. The van der Waals surface area contributed by atoms with Crippen molar-refractivity contribution in [1.82, 2.24) is 14.8 Å². The van der Waals surface area contributed by atoms with E-state index in [1.54, 1.807) is 0 Å². The Kier molecular flexibility index (Phi) is 3.87. The Hall–Kier alpha value is -1.62. The predicted molar refractivity (Wildman–Crippen MR) is 75.5 cm³/mol. The molecule has 0 radical (unpaired) electrons. The lowest BCUT2D eigenvalue weighted by atomic mass is 10.1. The van der Waals surface area contributed by atoms with Gasteiger partial charge in [-0.2, -0.15) is 0 Å². The van der Waals surface area contributed by atoms with Gasteiger partial charge < -0.3 is 9.15 Å². The lowest BCUT2D eigenvalue weighted by molar-refractivity contribution is 0.192. The molecule has 3 heterocycles. The van der Waals surface area contributed by atoms with E-state index in [4.69, 9.17) is 14.1 Å². The third kappa shape index (κ3) is 2.63. The number of rotatable bonds is 5. The largest absolute Gasteiger partial charge is 0.458 e. The zero-order valence-corrected chi connectivity index (χ0v) is 12.1. The zero-order valence-electron chi connectivity index (χ0n) is 12.1. The summed E-state index contributed by atoms with van der Waals surface area (Å²) in [7, 11) is 0. The highest BCUT2D eigenvalue weighted by Crippen LogP contribution is 2.27. The molecule has 3 rings (SSSR count). The molecule has 1 aliphatic heterocycles. The first kappa shape index (κ1) is 13.4. The van der Waals surface area contributed by atoms with Crippen LogP contribution in [0.4, 0.5) is 0 Å². The summed E-state index contributed by atoms with van der Waals surface area (Å²) in [6.45, 7) is 6.60. The first-order valence-corrected chi connectivity index (χ1v) is 7.37. The van der Waals surface area contributed by atoms with E-state index in [1.165, 1.54) is 0 Å². The molecule has 0 aliphatic carbocycles. The van der Waals surface area contributed by atoms with E-state index < -0.39 is 0 Å². The summed E-state index contributed by atoms with van der Waals surface area (Å²) in [5, 5.41) is 4.63. The van der Waals surface area contributed by atoms with Crippen LogP contribution in [0.5, 0.6) is 0 Å². The summed E-state index contributed by atoms with van der Waals surface area (Å²) < 4.78 is 13.2. The molecule has 20 heavy (non-hydrogen) atoms. The predicted octanol–water partition coefficient (Wildman–Crippen LogP) is 3.15. The number of furan rings is 1. The second kappa shape index (κ2) is 5.79. The minimum absolute atomic E-state index is 0.365. The molecule has 0 bridgehead atoms. The Morgan fingerprint density at radius 2 is 2.30 bits per heavy atom. The smallest absolute Gasteiger partial charge is 0.217 e. The van der Waals surface area contributed by atoms with Gasteiger partial charge in [-0.3, -0.25) is 0 Å². The Morgan fingerprint density at radius 1 is 1.40 bits per heavy atom. The van der Waals surface area contributed by atoms with Crippen LogP contribution in [-0.4, -0.2) is 28.0 Å². The maximum atomic E-state index is 5.64.